The molecule has 92 valence electrons. The minimum atomic E-state index is -0.355. The molecule has 1 heterocycles. The molecule has 0 amide bonds. The fourth-order valence-electron chi connectivity index (χ4n) is 2.49. The lowest BCUT2D eigenvalue weighted by atomic mass is 9.97. The zero-order valence-corrected chi connectivity index (χ0v) is 9.98. The van der Waals surface area contributed by atoms with Crippen molar-refractivity contribution < 1.29 is 4.92 Å². The van der Waals surface area contributed by atoms with Gasteiger partial charge in [0.1, 0.15) is 0 Å². The van der Waals surface area contributed by atoms with Crippen molar-refractivity contribution in [1.29, 1.82) is 0 Å². The Morgan fingerprint density at radius 1 is 1.22 bits per heavy atom. The van der Waals surface area contributed by atoms with Crippen molar-refractivity contribution in [3.8, 4) is 0 Å². The highest BCUT2D eigenvalue weighted by molar-refractivity contribution is 5.86. The third-order valence-corrected chi connectivity index (χ3v) is 3.45. The number of aromatic nitrogens is 1. The molecule has 0 spiro atoms. The Morgan fingerprint density at radius 2 is 2.11 bits per heavy atom. The fourth-order valence-corrected chi connectivity index (χ4v) is 2.49. The van der Waals surface area contributed by atoms with Crippen LogP contribution in [0.25, 0.3) is 16.5 Å². The number of nitrogens with zero attached hydrogens (tertiary/aromatic N) is 1. The number of rotatable bonds is 2. The number of nitro benzene ring substituents is 1. The standard InChI is InChI=1S/C14H14N2O2/c17-16(18)12-6-7-13-11(8-12)9-14(15-13)10-4-2-1-3-5-10/h4,6-9,15H,1-3,5H2. The van der Waals surface area contributed by atoms with Crippen LogP contribution >= 0.6 is 0 Å². The Hall–Kier alpha value is -2.10. The Labute approximate surface area is 104 Å². The number of hydrogen-bond donors (Lipinski definition) is 1. The molecule has 1 aromatic heterocycles. The van der Waals surface area contributed by atoms with Gasteiger partial charge in [0.05, 0.1) is 4.92 Å². The summed E-state index contributed by atoms with van der Waals surface area (Å²) in [5.74, 6) is 0. The van der Waals surface area contributed by atoms with Crippen molar-refractivity contribution in [2.75, 3.05) is 0 Å². The minimum Gasteiger partial charge on any atom is -0.355 e. The minimum absolute atomic E-state index is 0.144. The summed E-state index contributed by atoms with van der Waals surface area (Å²) in [6.45, 7) is 0. The maximum atomic E-state index is 10.7. The Morgan fingerprint density at radius 3 is 2.83 bits per heavy atom. The van der Waals surface area contributed by atoms with Gasteiger partial charge in [-0.2, -0.15) is 0 Å². The highest BCUT2D eigenvalue weighted by atomic mass is 16.6. The predicted molar refractivity (Wildman–Crippen MR) is 71.4 cm³/mol. The molecule has 1 aliphatic rings. The van der Waals surface area contributed by atoms with Gasteiger partial charge in [-0.15, -0.1) is 0 Å². The quantitative estimate of drug-likeness (QED) is 0.638. The smallest absolute Gasteiger partial charge is 0.270 e. The Kier molecular flexibility index (Phi) is 2.63. The zero-order valence-electron chi connectivity index (χ0n) is 9.98. The van der Waals surface area contributed by atoms with Gasteiger partial charge in [0, 0.05) is 28.7 Å². The van der Waals surface area contributed by atoms with Crippen molar-refractivity contribution in [3.63, 3.8) is 0 Å². The van der Waals surface area contributed by atoms with E-state index in [-0.39, 0.29) is 10.6 Å². The first-order chi connectivity index (χ1) is 8.74. The summed E-state index contributed by atoms with van der Waals surface area (Å²) in [6, 6.07) is 6.95. The van der Waals surface area contributed by atoms with Crippen LogP contribution in [-0.4, -0.2) is 9.91 Å². The van der Waals surface area contributed by atoms with Gasteiger partial charge in [-0.1, -0.05) is 6.08 Å². The number of H-pyrrole nitrogens is 1. The molecule has 0 aliphatic heterocycles. The van der Waals surface area contributed by atoms with Crippen molar-refractivity contribution >= 4 is 22.2 Å². The summed E-state index contributed by atoms with van der Waals surface area (Å²) >= 11 is 0. The van der Waals surface area contributed by atoms with Crippen molar-refractivity contribution in [1.82, 2.24) is 4.98 Å². The number of fused-ring (bicyclic) bond motifs is 1. The van der Waals surface area contributed by atoms with Crippen LogP contribution in [0.5, 0.6) is 0 Å². The van der Waals surface area contributed by atoms with E-state index >= 15 is 0 Å². The first kappa shape index (κ1) is 11.0. The van der Waals surface area contributed by atoms with Gasteiger partial charge < -0.3 is 4.98 Å². The van der Waals surface area contributed by atoms with Crippen LogP contribution in [0, 0.1) is 10.1 Å². The number of nitro groups is 1. The van der Waals surface area contributed by atoms with Crippen LogP contribution in [0.3, 0.4) is 0 Å². The maximum absolute atomic E-state index is 10.7. The van der Waals surface area contributed by atoms with Gasteiger partial charge in [-0.3, -0.25) is 10.1 Å². The van der Waals surface area contributed by atoms with Crippen LogP contribution in [-0.2, 0) is 0 Å². The highest BCUT2D eigenvalue weighted by Crippen LogP contribution is 2.29. The average molecular weight is 242 g/mol. The predicted octanol–water partition coefficient (Wildman–Crippen LogP) is 4.03. The van der Waals surface area contributed by atoms with E-state index in [1.165, 1.54) is 24.5 Å². The lowest BCUT2D eigenvalue weighted by molar-refractivity contribution is -0.384. The van der Waals surface area contributed by atoms with E-state index in [1.54, 1.807) is 12.1 Å². The molecule has 1 aliphatic carbocycles. The number of nitrogens with one attached hydrogen (secondary N) is 1. The summed E-state index contributed by atoms with van der Waals surface area (Å²) in [7, 11) is 0. The Balaban J connectivity index is 2.05. The van der Waals surface area contributed by atoms with Crippen molar-refractivity contribution in [2.45, 2.75) is 25.7 Å². The van der Waals surface area contributed by atoms with Gasteiger partial charge in [0.15, 0.2) is 0 Å². The van der Waals surface area contributed by atoms with Gasteiger partial charge in [-0.05, 0) is 43.4 Å². The van der Waals surface area contributed by atoms with E-state index in [1.807, 2.05) is 6.07 Å². The third kappa shape index (κ3) is 1.90. The molecule has 0 bridgehead atoms. The van der Waals surface area contributed by atoms with Crippen LogP contribution in [0.2, 0.25) is 0 Å². The molecule has 18 heavy (non-hydrogen) atoms. The summed E-state index contributed by atoms with van der Waals surface area (Å²) in [5, 5.41) is 11.6. The SMILES string of the molecule is O=[N+]([O-])c1ccc2[nH]c(C3=CCCCC3)cc2c1. The molecule has 0 saturated heterocycles. The molecule has 0 atom stereocenters. The number of hydrogen-bond acceptors (Lipinski definition) is 2. The molecule has 0 radical (unpaired) electrons. The van der Waals surface area contributed by atoms with Crippen molar-refractivity contribution in [2.24, 2.45) is 0 Å². The molecule has 1 N–H and O–H groups in total. The first-order valence-corrected chi connectivity index (χ1v) is 6.20. The van der Waals surface area contributed by atoms with Gasteiger partial charge in [0.25, 0.3) is 5.69 Å². The average Bonchev–Trinajstić information content (AvgIpc) is 2.82. The number of non-ortho nitro benzene ring substituents is 1. The number of allylic oxidation sites excluding steroid dienone is 2. The molecule has 3 rings (SSSR count). The molecular formula is C14H14N2O2. The van der Waals surface area contributed by atoms with E-state index in [4.69, 9.17) is 0 Å². The van der Waals surface area contributed by atoms with E-state index in [2.05, 4.69) is 11.1 Å². The summed E-state index contributed by atoms with van der Waals surface area (Å²) in [5.41, 5.74) is 3.54. The van der Waals surface area contributed by atoms with Crippen LogP contribution < -0.4 is 0 Å². The zero-order chi connectivity index (χ0) is 12.5. The molecule has 0 fully saturated rings. The van der Waals surface area contributed by atoms with E-state index in [9.17, 15) is 10.1 Å². The fraction of sp³-hybridized carbons (Fsp3) is 0.286. The van der Waals surface area contributed by atoms with Gasteiger partial charge >= 0.3 is 0 Å². The molecular weight excluding hydrogens is 228 g/mol. The molecule has 2 aromatic rings. The number of aromatic amines is 1. The van der Waals surface area contributed by atoms with Crippen LogP contribution in [0.1, 0.15) is 31.4 Å². The first-order valence-electron chi connectivity index (χ1n) is 6.20. The van der Waals surface area contributed by atoms with Gasteiger partial charge in [-0.25, -0.2) is 0 Å². The maximum Gasteiger partial charge on any atom is 0.270 e. The normalized spacial score (nSPS) is 15.7. The number of benzene rings is 1. The summed E-state index contributed by atoms with van der Waals surface area (Å²) in [6.07, 6.45) is 6.97. The second-order valence-corrected chi connectivity index (χ2v) is 4.69. The lowest BCUT2D eigenvalue weighted by Crippen LogP contribution is -1.91. The second-order valence-electron chi connectivity index (χ2n) is 4.69. The highest BCUT2D eigenvalue weighted by Gasteiger charge is 2.11. The molecule has 0 unspecified atom stereocenters. The largest absolute Gasteiger partial charge is 0.355 e. The second kappa shape index (κ2) is 4.29. The van der Waals surface area contributed by atoms with E-state index < -0.39 is 0 Å². The Bertz CT molecular complexity index is 640. The summed E-state index contributed by atoms with van der Waals surface area (Å²) in [4.78, 5) is 13.7. The molecule has 4 heteroatoms. The van der Waals surface area contributed by atoms with E-state index in [0.29, 0.717) is 0 Å². The monoisotopic (exact) mass is 242 g/mol. The lowest BCUT2D eigenvalue weighted by Gasteiger charge is -2.10. The van der Waals surface area contributed by atoms with Gasteiger partial charge in [0.2, 0.25) is 0 Å². The van der Waals surface area contributed by atoms with E-state index in [0.717, 1.165) is 29.4 Å². The van der Waals surface area contributed by atoms with Crippen molar-refractivity contribution in [3.05, 3.63) is 46.1 Å². The molecule has 4 nitrogen and oxygen atoms in total. The van der Waals surface area contributed by atoms with Crippen LogP contribution in [0.15, 0.2) is 30.3 Å². The molecule has 0 saturated carbocycles. The topological polar surface area (TPSA) is 58.9 Å². The third-order valence-electron chi connectivity index (χ3n) is 3.45. The molecule has 1 aromatic carbocycles. The van der Waals surface area contributed by atoms with Crippen LogP contribution in [0.4, 0.5) is 5.69 Å². The summed E-state index contributed by atoms with van der Waals surface area (Å²) < 4.78 is 0.